The van der Waals surface area contributed by atoms with Gasteiger partial charge in [0.15, 0.2) is 5.96 Å². The van der Waals surface area contributed by atoms with Crippen molar-refractivity contribution in [3.8, 4) is 0 Å². The SMILES string of the molecule is CCOCCC1(CNC(=NC)NCc2ccccc2CN(C)C)CCCC1. The van der Waals surface area contributed by atoms with Gasteiger partial charge in [0.1, 0.15) is 0 Å². The van der Waals surface area contributed by atoms with Crippen LogP contribution < -0.4 is 10.6 Å². The molecule has 0 unspecified atom stereocenters. The van der Waals surface area contributed by atoms with E-state index in [0.29, 0.717) is 5.41 Å². The highest BCUT2D eigenvalue weighted by Crippen LogP contribution is 2.40. The van der Waals surface area contributed by atoms with E-state index in [0.717, 1.165) is 45.2 Å². The fourth-order valence-electron chi connectivity index (χ4n) is 3.97. The van der Waals surface area contributed by atoms with E-state index in [2.05, 4.69) is 65.8 Å². The molecule has 27 heavy (non-hydrogen) atoms. The Labute approximate surface area is 165 Å². The molecule has 0 saturated heterocycles. The summed E-state index contributed by atoms with van der Waals surface area (Å²) in [7, 11) is 6.06. The van der Waals surface area contributed by atoms with Crippen molar-refractivity contribution < 1.29 is 4.74 Å². The Morgan fingerprint density at radius 1 is 1.15 bits per heavy atom. The lowest BCUT2D eigenvalue weighted by Crippen LogP contribution is -2.43. The molecule has 1 aromatic rings. The third-order valence-electron chi connectivity index (χ3n) is 5.55. The maximum absolute atomic E-state index is 5.63. The summed E-state index contributed by atoms with van der Waals surface area (Å²) >= 11 is 0. The number of nitrogens with one attached hydrogen (secondary N) is 2. The lowest BCUT2D eigenvalue weighted by atomic mass is 9.83. The Kier molecular flexibility index (Phi) is 9.08. The van der Waals surface area contributed by atoms with E-state index in [9.17, 15) is 0 Å². The molecule has 0 heterocycles. The first-order chi connectivity index (χ1) is 13.1. The summed E-state index contributed by atoms with van der Waals surface area (Å²) in [4.78, 5) is 6.64. The minimum Gasteiger partial charge on any atom is -0.382 e. The van der Waals surface area contributed by atoms with Crippen LogP contribution in [0.15, 0.2) is 29.3 Å². The molecule has 2 rings (SSSR count). The zero-order valence-electron chi connectivity index (χ0n) is 17.7. The molecule has 1 aliphatic rings. The van der Waals surface area contributed by atoms with Crippen LogP contribution in [0.25, 0.3) is 0 Å². The van der Waals surface area contributed by atoms with Crippen LogP contribution in [0.1, 0.15) is 50.2 Å². The van der Waals surface area contributed by atoms with E-state index in [-0.39, 0.29) is 0 Å². The Bertz CT molecular complexity index is 579. The molecular weight excluding hydrogens is 336 g/mol. The average Bonchev–Trinajstić information content (AvgIpc) is 3.12. The van der Waals surface area contributed by atoms with Crippen LogP contribution in [0.3, 0.4) is 0 Å². The summed E-state index contributed by atoms with van der Waals surface area (Å²) in [5, 5.41) is 7.08. The second kappa shape index (κ2) is 11.3. The van der Waals surface area contributed by atoms with Gasteiger partial charge in [0.05, 0.1) is 0 Å². The molecule has 2 N–H and O–H groups in total. The lowest BCUT2D eigenvalue weighted by molar-refractivity contribution is 0.105. The lowest BCUT2D eigenvalue weighted by Gasteiger charge is -2.30. The first-order valence-corrected chi connectivity index (χ1v) is 10.3. The number of ether oxygens (including phenoxy) is 1. The second-order valence-corrected chi connectivity index (χ2v) is 7.94. The topological polar surface area (TPSA) is 48.9 Å². The van der Waals surface area contributed by atoms with E-state index in [1.807, 2.05) is 7.05 Å². The van der Waals surface area contributed by atoms with Gasteiger partial charge in [-0.25, -0.2) is 0 Å². The van der Waals surface area contributed by atoms with Gasteiger partial charge in [-0.2, -0.15) is 0 Å². The Morgan fingerprint density at radius 2 is 1.85 bits per heavy atom. The second-order valence-electron chi connectivity index (χ2n) is 7.94. The standard InChI is InChI=1S/C22H38N4O/c1-5-27-15-14-22(12-8-9-13-22)18-25-21(23-2)24-16-19-10-6-7-11-20(19)17-26(3)4/h6-7,10-11H,5,8-9,12-18H2,1-4H3,(H2,23,24,25). The van der Waals surface area contributed by atoms with Crippen LogP contribution in [0, 0.1) is 5.41 Å². The number of aliphatic imine (C=N–C) groups is 1. The molecule has 0 aromatic heterocycles. The predicted octanol–water partition coefficient (Wildman–Crippen LogP) is 3.40. The highest BCUT2D eigenvalue weighted by atomic mass is 16.5. The van der Waals surface area contributed by atoms with Crippen molar-refractivity contribution in [2.75, 3.05) is 40.9 Å². The summed E-state index contributed by atoms with van der Waals surface area (Å²) < 4.78 is 5.63. The van der Waals surface area contributed by atoms with Crippen LogP contribution in [0.2, 0.25) is 0 Å². The number of guanidine groups is 1. The van der Waals surface area contributed by atoms with Gasteiger partial charge in [-0.1, -0.05) is 37.1 Å². The molecule has 0 amide bonds. The van der Waals surface area contributed by atoms with E-state index in [4.69, 9.17) is 4.74 Å². The van der Waals surface area contributed by atoms with Crippen LogP contribution >= 0.6 is 0 Å². The predicted molar refractivity (Wildman–Crippen MR) is 114 cm³/mol. The van der Waals surface area contributed by atoms with Crippen LogP contribution in [-0.2, 0) is 17.8 Å². The van der Waals surface area contributed by atoms with Crippen molar-refractivity contribution in [2.24, 2.45) is 10.4 Å². The van der Waals surface area contributed by atoms with Gasteiger partial charge in [-0.15, -0.1) is 0 Å². The number of nitrogens with zero attached hydrogens (tertiary/aromatic N) is 2. The largest absolute Gasteiger partial charge is 0.382 e. The summed E-state index contributed by atoms with van der Waals surface area (Å²) in [6, 6.07) is 8.61. The Hall–Kier alpha value is -1.59. The van der Waals surface area contributed by atoms with E-state index in [1.54, 1.807) is 0 Å². The van der Waals surface area contributed by atoms with Gasteiger partial charge >= 0.3 is 0 Å². The fraction of sp³-hybridized carbons (Fsp3) is 0.682. The van der Waals surface area contributed by atoms with E-state index in [1.165, 1.54) is 36.8 Å². The van der Waals surface area contributed by atoms with Gasteiger partial charge in [0, 0.05) is 39.9 Å². The van der Waals surface area contributed by atoms with Crippen molar-refractivity contribution in [1.29, 1.82) is 0 Å². The summed E-state index contributed by atoms with van der Waals surface area (Å²) in [5.74, 6) is 0.886. The third kappa shape index (κ3) is 7.15. The zero-order valence-corrected chi connectivity index (χ0v) is 17.7. The number of hydrogen-bond donors (Lipinski definition) is 2. The Morgan fingerprint density at radius 3 is 2.48 bits per heavy atom. The fourth-order valence-corrected chi connectivity index (χ4v) is 3.97. The smallest absolute Gasteiger partial charge is 0.191 e. The van der Waals surface area contributed by atoms with Crippen molar-refractivity contribution >= 4 is 5.96 Å². The molecule has 1 aromatic carbocycles. The van der Waals surface area contributed by atoms with Crippen LogP contribution in [0.4, 0.5) is 0 Å². The summed E-state index contributed by atoms with van der Waals surface area (Å²) in [6.45, 7) is 6.44. The van der Waals surface area contributed by atoms with E-state index >= 15 is 0 Å². The summed E-state index contributed by atoms with van der Waals surface area (Å²) in [6.07, 6.45) is 6.37. The molecule has 0 atom stereocenters. The highest BCUT2D eigenvalue weighted by molar-refractivity contribution is 5.79. The molecule has 1 fully saturated rings. The molecule has 5 heteroatoms. The van der Waals surface area contributed by atoms with Crippen molar-refractivity contribution in [2.45, 2.75) is 52.1 Å². The van der Waals surface area contributed by atoms with Crippen molar-refractivity contribution in [1.82, 2.24) is 15.5 Å². The number of hydrogen-bond acceptors (Lipinski definition) is 3. The molecule has 1 saturated carbocycles. The minimum atomic E-state index is 0.357. The van der Waals surface area contributed by atoms with Gasteiger partial charge in [-0.3, -0.25) is 4.99 Å². The maximum Gasteiger partial charge on any atom is 0.191 e. The average molecular weight is 375 g/mol. The summed E-state index contributed by atoms with van der Waals surface area (Å²) in [5.41, 5.74) is 3.03. The highest BCUT2D eigenvalue weighted by Gasteiger charge is 2.33. The molecule has 0 aliphatic heterocycles. The van der Waals surface area contributed by atoms with Crippen LogP contribution in [0.5, 0.6) is 0 Å². The molecule has 0 spiro atoms. The Balaban J connectivity index is 1.88. The first-order valence-electron chi connectivity index (χ1n) is 10.3. The molecule has 0 bridgehead atoms. The molecular formula is C22H38N4O. The van der Waals surface area contributed by atoms with Crippen LogP contribution in [-0.4, -0.2) is 51.8 Å². The molecule has 0 radical (unpaired) electrons. The molecule has 5 nitrogen and oxygen atoms in total. The molecule has 152 valence electrons. The quantitative estimate of drug-likeness (QED) is 0.374. The minimum absolute atomic E-state index is 0.357. The van der Waals surface area contributed by atoms with Gasteiger partial charge < -0.3 is 20.3 Å². The maximum atomic E-state index is 5.63. The van der Waals surface area contributed by atoms with Crippen molar-refractivity contribution in [3.05, 3.63) is 35.4 Å². The number of benzene rings is 1. The molecule has 1 aliphatic carbocycles. The van der Waals surface area contributed by atoms with Gasteiger partial charge in [-0.05, 0) is 56.8 Å². The van der Waals surface area contributed by atoms with Gasteiger partial charge in [0.2, 0.25) is 0 Å². The monoisotopic (exact) mass is 374 g/mol. The van der Waals surface area contributed by atoms with Gasteiger partial charge in [0.25, 0.3) is 0 Å². The zero-order chi connectivity index (χ0) is 19.5. The first kappa shape index (κ1) is 21.7. The number of rotatable bonds is 10. The van der Waals surface area contributed by atoms with E-state index < -0.39 is 0 Å². The third-order valence-corrected chi connectivity index (χ3v) is 5.55. The normalized spacial score (nSPS) is 16.7. The van der Waals surface area contributed by atoms with Crippen molar-refractivity contribution in [3.63, 3.8) is 0 Å².